The van der Waals surface area contributed by atoms with E-state index >= 15 is 0 Å². The Balaban J connectivity index is 2.31. The lowest BCUT2D eigenvalue weighted by molar-refractivity contribution is -0.384. The van der Waals surface area contributed by atoms with Crippen molar-refractivity contribution in [1.82, 2.24) is 14.6 Å². The zero-order valence-electron chi connectivity index (χ0n) is 10.4. The smallest absolute Gasteiger partial charge is 0.281 e. The lowest BCUT2D eigenvalue weighted by Gasteiger charge is -2.02. The summed E-state index contributed by atoms with van der Waals surface area (Å²) < 4.78 is 14.6. The Morgan fingerprint density at radius 1 is 1.29 bits per heavy atom. The minimum absolute atomic E-state index is 0.129. The standard InChI is InChI=1S/C13H6FN5O2/c14-9-2-3-10(11(5-9)19(20)21)13-17-16-12-4-1-8(6-15)7-18(12)13/h1-5,7H. The van der Waals surface area contributed by atoms with Crippen molar-refractivity contribution >= 4 is 11.3 Å². The van der Waals surface area contributed by atoms with Gasteiger partial charge in [-0.15, -0.1) is 10.2 Å². The molecule has 21 heavy (non-hydrogen) atoms. The lowest BCUT2D eigenvalue weighted by atomic mass is 10.1. The van der Waals surface area contributed by atoms with Crippen molar-refractivity contribution in [2.45, 2.75) is 0 Å². The van der Waals surface area contributed by atoms with Gasteiger partial charge in [0.2, 0.25) is 0 Å². The molecule has 0 fully saturated rings. The van der Waals surface area contributed by atoms with Crippen molar-refractivity contribution in [3.8, 4) is 17.5 Å². The minimum Gasteiger partial charge on any atom is -0.281 e. The molecule has 0 N–H and O–H groups in total. The molecule has 2 heterocycles. The zero-order chi connectivity index (χ0) is 15.0. The molecule has 0 aliphatic rings. The Kier molecular flexibility index (Phi) is 2.80. The summed E-state index contributed by atoms with van der Waals surface area (Å²) in [5.41, 5.74) is 0.506. The summed E-state index contributed by atoms with van der Waals surface area (Å²) in [6.45, 7) is 0. The number of rotatable bonds is 2. The van der Waals surface area contributed by atoms with Crippen LogP contribution in [0.25, 0.3) is 17.0 Å². The van der Waals surface area contributed by atoms with E-state index in [2.05, 4.69) is 10.2 Å². The molecule has 1 aromatic carbocycles. The second kappa shape index (κ2) is 4.64. The molecular weight excluding hydrogens is 277 g/mol. The molecular formula is C13H6FN5O2. The predicted molar refractivity (Wildman–Crippen MR) is 69.8 cm³/mol. The van der Waals surface area contributed by atoms with Crippen LogP contribution in [-0.4, -0.2) is 19.5 Å². The highest BCUT2D eigenvalue weighted by molar-refractivity contribution is 5.70. The van der Waals surface area contributed by atoms with Crippen LogP contribution in [0.15, 0.2) is 36.5 Å². The van der Waals surface area contributed by atoms with E-state index in [0.717, 1.165) is 12.1 Å². The number of halogens is 1. The number of nitrogens with zero attached hydrogens (tertiary/aromatic N) is 5. The maximum atomic E-state index is 13.2. The van der Waals surface area contributed by atoms with Crippen LogP contribution in [-0.2, 0) is 0 Å². The molecule has 0 aliphatic heterocycles. The second-order valence-electron chi connectivity index (χ2n) is 4.20. The van der Waals surface area contributed by atoms with E-state index in [1.807, 2.05) is 6.07 Å². The van der Waals surface area contributed by atoms with Gasteiger partial charge in [0.25, 0.3) is 5.69 Å². The average molecular weight is 283 g/mol. The maximum absolute atomic E-state index is 13.2. The van der Waals surface area contributed by atoms with Crippen LogP contribution in [0.1, 0.15) is 5.56 Å². The number of nitro benzene ring substituents is 1. The fourth-order valence-corrected chi connectivity index (χ4v) is 1.99. The first kappa shape index (κ1) is 12.7. The van der Waals surface area contributed by atoms with Crippen molar-refractivity contribution in [1.29, 1.82) is 5.26 Å². The molecule has 0 saturated heterocycles. The first-order chi connectivity index (χ1) is 10.1. The number of fused-ring (bicyclic) bond motifs is 1. The van der Waals surface area contributed by atoms with E-state index in [1.54, 1.807) is 12.1 Å². The van der Waals surface area contributed by atoms with Crippen molar-refractivity contribution < 1.29 is 9.31 Å². The Bertz CT molecular complexity index is 913. The summed E-state index contributed by atoms with van der Waals surface area (Å²) in [7, 11) is 0. The van der Waals surface area contributed by atoms with Gasteiger partial charge in [0.05, 0.1) is 22.1 Å². The van der Waals surface area contributed by atoms with Crippen LogP contribution in [0, 0.1) is 27.3 Å². The zero-order valence-corrected chi connectivity index (χ0v) is 10.4. The van der Waals surface area contributed by atoms with Gasteiger partial charge in [-0.1, -0.05) is 0 Å². The molecule has 0 saturated carbocycles. The third-order valence-electron chi connectivity index (χ3n) is 2.93. The third-order valence-corrected chi connectivity index (χ3v) is 2.93. The number of nitriles is 1. The number of hydrogen-bond donors (Lipinski definition) is 0. The Morgan fingerprint density at radius 3 is 2.81 bits per heavy atom. The Labute approximate surface area is 117 Å². The van der Waals surface area contributed by atoms with Crippen LogP contribution in [0.2, 0.25) is 0 Å². The monoisotopic (exact) mass is 283 g/mol. The van der Waals surface area contributed by atoms with Gasteiger partial charge < -0.3 is 0 Å². The van der Waals surface area contributed by atoms with E-state index in [0.29, 0.717) is 11.2 Å². The fraction of sp³-hybridized carbons (Fsp3) is 0. The molecule has 3 rings (SSSR count). The molecule has 0 aliphatic carbocycles. The van der Waals surface area contributed by atoms with E-state index in [4.69, 9.17) is 5.26 Å². The van der Waals surface area contributed by atoms with Gasteiger partial charge in [0.1, 0.15) is 11.9 Å². The molecule has 0 unspecified atom stereocenters. The van der Waals surface area contributed by atoms with E-state index in [1.165, 1.54) is 16.7 Å². The number of aromatic nitrogens is 3. The van der Waals surface area contributed by atoms with Crippen LogP contribution in [0.4, 0.5) is 10.1 Å². The van der Waals surface area contributed by atoms with Gasteiger partial charge in [0.15, 0.2) is 11.5 Å². The molecule has 0 atom stereocenters. The highest BCUT2D eigenvalue weighted by atomic mass is 19.1. The molecule has 0 spiro atoms. The number of pyridine rings is 1. The summed E-state index contributed by atoms with van der Waals surface area (Å²) in [4.78, 5) is 10.4. The first-order valence-corrected chi connectivity index (χ1v) is 5.79. The molecule has 102 valence electrons. The number of benzene rings is 1. The van der Waals surface area contributed by atoms with Crippen molar-refractivity contribution in [2.75, 3.05) is 0 Å². The Hall–Kier alpha value is -3.34. The quantitative estimate of drug-likeness (QED) is 0.531. The van der Waals surface area contributed by atoms with E-state index < -0.39 is 16.4 Å². The third kappa shape index (κ3) is 2.06. The maximum Gasteiger partial charge on any atom is 0.283 e. The minimum atomic E-state index is -0.711. The van der Waals surface area contributed by atoms with Crippen molar-refractivity contribution in [3.63, 3.8) is 0 Å². The van der Waals surface area contributed by atoms with E-state index in [9.17, 15) is 14.5 Å². The number of hydrogen-bond acceptors (Lipinski definition) is 5. The molecule has 0 radical (unpaired) electrons. The normalized spacial score (nSPS) is 10.5. The fourth-order valence-electron chi connectivity index (χ4n) is 1.99. The summed E-state index contributed by atoms with van der Waals surface area (Å²) in [6.07, 6.45) is 1.47. The molecule has 3 aromatic rings. The highest BCUT2D eigenvalue weighted by Gasteiger charge is 2.20. The number of nitro groups is 1. The first-order valence-electron chi connectivity index (χ1n) is 5.79. The van der Waals surface area contributed by atoms with E-state index in [-0.39, 0.29) is 11.4 Å². The lowest BCUT2D eigenvalue weighted by Crippen LogP contribution is -1.97. The molecule has 7 nitrogen and oxygen atoms in total. The SMILES string of the molecule is N#Cc1ccc2nnc(-c3ccc(F)cc3[N+](=O)[O-])n2c1. The van der Waals surface area contributed by atoms with Crippen molar-refractivity contribution in [2.24, 2.45) is 0 Å². The largest absolute Gasteiger partial charge is 0.283 e. The van der Waals surface area contributed by atoms with Crippen LogP contribution in [0.3, 0.4) is 0 Å². The predicted octanol–water partition coefficient (Wildman–Crippen LogP) is 2.32. The highest BCUT2D eigenvalue weighted by Crippen LogP contribution is 2.29. The second-order valence-corrected chi connectivity index (χ2v) is 4.20. The molecule has 2 aromatic heterocycles. The molecule has 0 bridgehead atoms. The van der Waals surface area contributed by atoms with Gasteiger partial charge >= 0.3 is 0 Å². The van der Waals surface area contributed by atoms with Gasteiger partial charge in [0, 0.05) is 6.20 Å². The molecule has 0 amide bonds. The van der Waals surface area contributed by atoms with Crippen molar-refractivity contribution in [3.05, 3.63) is 58.0 Å². The summed E-state index contributed by atoms with van der Waals surface area (Å²) in [6, 6.07) is 8.30. The van der Waals surface area contributed by atoms with Gasteiger partial charge in [-0.2, -0.15) is 5.26 Å². The topological polar surface area (TPSA) is 97.1 Å². The Morgan fingerprint density at radius 2 is 2.10 bits per heavy atom. The molecule has 8 heteroatoms. The van der Waals surface area contributed by atoms with Crippen LogP contribution < -0.4 is 0 Å². The van der Waals surface area contributed by atoms with Crippen LogP contribution in [0.5, 0.6) is 0 Å². The van der Waals surface area contributed by atoms with Crippen LogP contribution >= 0.6 is 0 Å². The van der Waals surface area contributed by atoms with Gasteiger partial charge in [-0.3, -0.25) is 14.5 Å². The summed E-state index contributed by atoms with van der Waals surface area (Å²) in [5, 5.41) is 27.7. The van der Waals surface area contributed by atoms with Gasteiger partial charge in [-0.25, -0.2) is 4.39 Å². The average Bonchev–Trinajstić information content (AvgIpc) is 2.89. The summed E-state index contributed by atoms with van der Waals surface area (Å²) in [5.74, 6) is -0.536. The summed E-state index contributed by atoms with van der Waals surface area (Å²) >= 11 is 0. The van der Waals surface area contributed by atoms with Gasteiger partial charge in [-0.05, 0) is 24.3 Å².